The number of phenolic OH excluding ortho intramolecular Hbond substituents is 3. The van der Waals surface area contributed by atoms with Crippen molar-refractivity contribution in [2.45, 2.75) is 12.5 Å². The second-order valence-corrected chi connectivity index (χ2v) is 12.8. The monoisotopic (exact) mass is 594 g/mol. The number of carboxylic acid groups (broad SMARTS) is 1. The van der Waals surface area contributed by atoms with Crippen LogP contribution in [-0.2, 0) is 15.8 Å². The third kappa shape index (κ3) is 7.89. The van der Waals surface area contributed by atoms with Crippen molar-refractivity contribution in [3.8, 4) is 17.2 Å². The molecule has 0 aromatic heterocycles. The molecule has 1 unspecified atom stereocenters. The maximum absolute atomic E-state index is 13.2. The molecule has 2 amide bonds. The number of carbonyl (C=O) groups excluding carboxylic acids is 2. The minimum atomic E-state index is -2.83. The van der Waals surface area contributed by atoms with E-state index in [0.29, 0.717) is 17.3 Å². The summed E-state index contributed by atoms with van der Waals surface area (Å²) in [6.45, 7) is 1.07. The Morgan fingerprint density at radius 2 is 1.51 bits per heavy atom. The normalized spacial score (nSPS) is 13.2. The van der Waals surface area contributed by atoms with Crippen molar-refractivity contribution >= 4 is 53.4 Å². The Labute approximate surface area is 233 Å². The fourth-order valence-electron chi connectivity index (χ4n) is 3.70. The maximum atomic E-state index is 13.2. The van der Waals surface area contributed by atoms with Gasteiger partial charge in [-0.15, -0.1) is 0 Å². The number of carbonyl (C=O) groups is 3. The number of aromatic hydroxyl groups is 3. The SMILES string of the molecule is CP(=O)(CCc1cc(Cl)c(C(=O)N[C@@H](CNC(=O)c2cc(O)cc(O)c2)C(=O)O)c(Cl)c1)c1cccc(O)c1. The highest BCUT2D eigenvalue weighted by Gasteiger charge is 2.25. The zero-order valence-corrected chi connectivity index (χ0v) is 22.9. The summed E-state index contributed by atoms with van der Waals surface area (Å²) in [4.78, 5) is 36.9. The smallest absolute Gasteiger partial charge is 0.328 e. The third-order valence-corrected chi connectivity index (χ3v) is 8.81. The minimum absolute atomic E-state index is 0.00826. The van der Waals surface area contributed by atoms with Gasteiger partial charge in [-0.1, -0.05) is 35.3 Å². The van der Waals surface area contributed by atoms with Gasteiger partial charge in [0.25, 0.3) is 11.8 Å². The quantitative estimate of drug-likeness (QED) is 0.193. The first-order valence-electron chi connectivity index (χ1n) is 11.5. The van der Waals surface area contributed by atoms with Gasteiger partial charge in [-0.05, 0) is 55.0 Å². The number of hydrogen-bond acceptors (Lipinski definition) is 7. The molecule has 0 heterocycles. The zero-order valence-electron chi connectivity index (χ0n) is 20.5. The predicted molar refractivity (Wildman–Crippen MR) is 147 cm³/mol. The number of halogens is 2. The van der Waals surface area contributed by atoms with Crippen molar-refractivity contribution in [2.24, 2.45) is 0 Å². The molecule has 0 saturated heterocycles. The second kappa shape index (κ2) is 12.4. The summed E-state index contributed by atoms with van der Waals surface area (Å²) >= 11 is 12.6. The molecule has 3 aromatic carbocycles. The van der Waals surface area contributed by atoms with Crippen molar-refractivity contribution in [1.29, 1.82) is 0 Å². The molecule has 0 aliphatic rings. The van der Waals surface area contributed by atoms with Gasteiger partial charge in [0.1, 0.15) is 30.4 Å². The number of hydrogen-bond donors (Lipinski definition) is 6. The summed E-state index contributed by atoms with van der Waals surface area (Å²) in [6, 6.07) is 10.8. The Hall–Kier alpha value is -3.72. The number of nitrogens with one attached hydrogen (secondary N) is 2. The van der Waals surface area contributed by atoms with Crippen molar-refractivity contribution in [1.82, 2.24) is 10.6 Å². The number of rotatable bonds is 10. The van der Waals surface area contributed by atoms with Crippen LogP contribution in [0, 0.1) is 0 Å². The van der Waals surface area contributed by atoms with Gasteiger partial charge in [0.15, 0.2) is 0 Å². The molecule has 0 aliphatic carbocycles. The van der Waals surface area contributed by atoms with Gasteiger partial charge in [0, 0.05) is 29.6 Å². The highest BCUT2D eigenvalue weighted by molar-refractivity contribution is 7.70. The summed E-state index contributed by atoms with van der Waals surface area (Å²) in [5, 5.41) is 43.2. The van der Waals surface area contributed by atoms with Crippen LogP contribution in [0.1, 0.15) is 26.3 Å². The van der Waals surface area contributed by atoms with E-state index in [1.54, 1.807) is 18.8 Å². The highest BCUT2D eigenvalue weighted by atomic mass is 35.5. The molecule has 3 aromatic rings. The average Bonchev–Trinajstić information content (AvgIpc) is 2.84. The lowest BCUT2D eigenvalue weighted by molar-refractivity contribution is -0.139. The average molecular weight is 595 g/mol. The van der Waals surface area contributed by atoms with Gasteiger partial charge in [-0.2, -0.15) is 0 Å². The molecule has 0 fully saturated rings. The van der Waals surface area contributed by atoms with Crippen molar-refractivity contribution < 1.29 is 39.4 Å². The summed E-state index contributed by atoms with van der Waals surface area (Å²) < 4.78 is 13.2. The van der Waals surface area contributed by atoms with Crippen LogP contribution in [-0.4, -0.2) is 63.6 Å². The Kier molecular flexibility index (Phi) is 9.50. The number of benzene rings is 3. The minimum Gasteiger partial charge on any atom is -0.508 e. The molecule has 13 heteroatoms. The number of carboxylic acids is 1. The van der Waals surface area contributed by atoms with Gasteiger partial charge >= 0.3 is 5.97 Å². The van der Waals surface area contributed by atoms with Gasteiger partial charge in [0.2, 0.25) is 0 Å². The van der Waals surface area contributed by atoms with Crippen LogP contribution in [0.5, 0.6) is 17.2 Å². The molecule has 6 N–H and O–H groups in total. The van der Waals surface area contributed by atoms with Crippen LogP contribution in [0.25, 0.3) is 0 Å². The summed E-state index contributed by atoms with van der Waals surface area (Å²) in [5.41, 5.74) is 0.302. The van der Waals surface area contributed by atoms with E-state index >= 15 is 0 Å². The molecule has 2 atom stereocenters. The van der Waals surface area contributed by atoms with Crippen molar-refractivity contribution in [2.75, 3.05) is 19.4 Å². The van der Waals surface area contributed by atoms with Crippen LogP contribution in [0.3, 0.4) is 0 Å². The lowest BCUT2D eigenvalue weighted by Crippen LogP contribution is -2.48. The Balaban J connectivity index is 1.68. The summed E-state index contributed by atoms with van der Waals surface area (Å²) in [7, 11) is -2.83. The molecule has 206 valence electrons. The molecular weight excluding hydrogens is 570 g/mol. The maximum Gasteiger partial charge on any atom is 0.328 e. The van der Waals surface area contributed by atoms with E-state index in [9.17, 15) is 39.4 Å². The van der Waals surface area contributed by atoms with Gasteiger partial charge in [0.05, 0.1) is 15.6 Å². The summed E-state index contributed by atoms with van der Waals surface area (Å²) in [6.07, 6.45) is 0.547. The van der Waals surface area contributed by atoms with Gasteiger partial charge < -0.3 is 35.6 Å². The van der Waals surface area contributed by atoms with E-state index in [4.69, 9.17) is 23.2 Å². The Morgan fingerprint density at radius 1 is 0.897 bits per heavy atom. The van der Waals surface area contributed by atoms with Crippen LogP contribution in [0.4, 0.5) is 0 Å². The molecule has 39 heavy (non-hydrogen) atoms. The molecule has 0 aliphatic heterocycles. The fourth-order valence-corrected chi connectivity index (χ4v) is 6.15. The third-order valence-electron chi connectivity index (χ3n) is 5.77. The predicted octanol–water partition coefficient (Wildman–Crippen LogP) is 3.58. The lowest BCUT2D eigenvalue weighted by atomic mass is 10.1. The molecule has 3 rings (SSSR count). The van der Waals surface area contributed by atoms with E-state index in [1.165, 1.54) is 24.3 Å². The van der Waals surface area contributed by atoms with E-state index in [-0.39, 0.29) is 44.6 Å². The fraction of sp³-hybridized carbons (Fsp3) is 0.192. The van der Waals surface area contributed by atoms with Crippen molar-refractivity contribution in [3.05, 3.63) is 81.3 Å². The highest BCUT2D eigenvalue weighted by Crippen LogP contribution is 2.41. The van der Waals surface area contributed by atoms with Crippen molar-refractivity contribution in [3.63, 3.8) is 0 Å². The van der Waals surface area contributed by atoms with E-state index in [1.807, 2.05) is 0 Å². The number of amides is 2. The first-order valence-corrected chi connectivity index (χ1v) is 14.6. The van der Waals surface area contributed by atoms with Crippen LogP contribution < -0.4 is 15.9 Å². The Bertz CT molecular complexity index is 1440. The van der Waals surface area contributed by atoms with E-state index in [0.717, 1.165) is 18.2 Å². The molecule has 0 bridgehead atoms. The van der Waals surface area contributed by atoms with Crippen LogP contribution in [0.2, 0.25) is 10.0 Å². The second-order valence-electron chi connectivity index (χ2n) is 8.84. The van der Waals surface area contributed by atoms with E-state index < -0.39 is 37.5 Å². The standard InChI is InChI=1S/C26H25Cl2N2O8P/c1-39(38,19-4-2-3-16(31)12-19)6-5-14-7-20(27)23(21(28)8-14)25(35)30-22(26(36)37)13-29-24(34)15-9-17(32)11-18(33)10-15/h2-4,7-12,22,31-33H,5-6,13H2,1H3,(H,29,34)(H,30,35)(H,36,37)/t22-,39?/m0/s1. The molecule has 0 radical (unpaired) electrons. The largest absolute Gasteiger partial charge is 0.508 e. The summed E-state index contributed by atoms with van der Waals surface area (Å²) in [5.74, 6) is -3.85. The molecular formula is C26H25Cl2N2O8P. The molecule has 0 spiro atoms. The van der Waals surface area contributed by atoms with E-state index in [2.05, 4.69) is 10.6 Å². The molecule has 10 nitrogen and oxygen atoms in total. The van der Waals surface area contributed by atoms with Gasteiger partial charge in [-0.25, -0.2) is 4.79 Å². The first-order chi connectivity index (χ1) is 18.3. The van der Waals surface area contributed by atoms with Crippen LogP contribution >= 0.6 is 30.3 Å². The van der Waals surface area contributed by atoms with Gasteiger partial charge in [-0.3, -0.25) is 9.59 Å². The topological polar surface area (TPSA) is 173 Å². The Morgan fingerprint density at radius 3 is 2.08 bits per heavy atom. The number of aliphatic carboxylic acids is 1. The number of aryl methyl sites for hydroxylation is 1. The van der Waals surface area contributed by atoms with Crippen LogP contribution in [0.15, 0.2) is 54.6 Å². The molecule has 0 saturated carbocycles. The number of phenols is 3. The zero-order chi connectivity index (χ0) is 28.9. The first kappa shape index (κ1) is 29.8. The lowest BCUT2D eigenvalue weighted by Gasteiger charge is -2.18.